The Morgan fingerprint density at radius 2 is 1.85 bits per heavy atom. The standard InChI is InChI=1S/C20H27N3OS2/c1-20(2,3)19-21-16(14-26-19)13-22-9-11-23(12-10-22)18(24)15-25-17-7-5-4-6-8-17/h4-8,14H,9-13,15H2,1-3H3. The molecule has 1 saturated heterocycles. The summed E-state index contributed by atoms with van der Waals surface area (Å²) in [6.07, 6.45) is 0. The van der Waals surface area contributed by atoms with Gasteiger partial charge in [0.1, 0.15) is 0 Å². The van der Waals surface area contributed by atoms with Crippen LogP contribution in [0.5, 0.6) is 0 Å². The number of nitrogens with zero attached hydrogens (tertiary/aromatic N) is 3. The van der Waals surface area contributed by atoms with Crippen LogP contribution in [0.1, 0.15) is 31.5 Å². The lowest BCUT2D eigenvalue weighted by Gasteiger charge is -2.34. The van der Waals surface area contributed by atoms with Gasteiger partial charge in [0.15, 0.2) is 0 Å². The van der Waals surface area contributed by atoms with Crippen LogP contribution < -0.4 is 0 Å². The highest BCUT2D eigenvalue weighted by molar-refractivity contribution is 8.00. The summed E-state index contributed by atoms with van der Waals surface area (Å²) in [5, 5.41) is 3.37. The summed E-state index contributed by atoms with van der Waals surface area (Å²) in [6.45, 7) is 10.9. The van der Waals surface area contributed by atoms with Crippen LogP contribution in [0.15, 0.2) is 40.6 Å². The van der Waals surface area contributed by atoms with Gasteiger partial charge in [0, 0.05) is 48.4 Å². The predicted molar refractivity (Wildman–Crippen MR) is 110 cm³/mol. The highest BCUT2D eigenvalue weighted by Gasteiger charge is 2.23. The second-order valence-corrected chi connectivity index (χ2v) is 9.56. The normalized spacial score (nSPS) is 16.0. The molecule has 0 saturated carbocycles. The molecule has 3 rings (SSSR count). The molecule has 6 heteroatoms. The molecular formula is C20H27N3OS2. The van der Waals surface area contributed by atoms with Gasteiger partial charge in [0.25, 0.3) is 0 Å². The van der Waals surface area contributed by atoms with E-state index in [-0.39, 0.29) is 11.3 Å². The molecular weight excluding hydrogens is 362 g/mol. The summed E-state index contributed by atoms with van der Waals surface area (Å²) in [6, 6.07) is 10.1. The Bertz CT molecular complexity index is 716. The van der Waals surface area contributed by atoms with Gasteiger partial charge in [-0.1, -0.05) is 39.0 Å². The average molecular weight is 390 g/mol. The molecule has 1 aromatic heterocycles. The zero-order chi connectivity index (χ0) is 18.6. The number of piperazine rings is 1. The maximum Gasteiger partial charge on any atom is 0.233 e. The SMILES string of the molecule is CC(C)(C)c1nc(CN2CCN(C(=O)CSc3ccccc3)CC2)cs1. The van der Waals surface area contributed by atoms with Crippen molar-refractivity contribution in [3.63, 3.8) is 0 Å². The highest BCUT2D eigenvalue weighted by atomic mass is 32.2. The Balaban J connectivity index is 1.43. The number of benzene rings is 1. The van der Waals surface area contributed by atoms with Crippen LogP contribution in [0, 0.1) is 0 Å². The predicted octanol–water partition coefficient (Wildman–Crippen LogP) is 3.88. The van der Waals surface area contributed by atoms with Crippen molar-refractivity contribution in [1.82, 2.24) is 14.8 Å². The van der Waals surface area contributed by atoms with E-state index in [4.69, 9.17) is 4.98 Å². The summed E-state index contributed by atoms with van der Waals surface area (Å²) in [7, 11) is 0. The molecule has 0 aliphatic carbocycles. The number of thioether (sulfide) groups is 1. The molecule has 0 bridgehead atoms. The quantitative estimate of drug-likeness (QED) is 0.727. The topological polar surface area (TPSA) is 36.4 Å². The molecule has 1 aromatic carbocycles. The van der Waals surface area contributed by atoms with Crippen LogP contribution in [0.25, 0.3) is 0 Å². The maximum absolute atomic E-state index is 12.4. The smallest absolute Gasteiger partial charge is 0.233 e. The first kappa shape index (κ1) is 19.4. The van der Waals surface area contributed by atoms with E-state index in [1.165, 1.54) is 5.01 Å². The Morgan fingerprint density at radius 1 is 1.15 bits per heavy atom. The van der Waals surface area contributed by atoms with E-state index in [1.54, 1.807) is 23.1 Å². The Hall–Kier alpha value is -1.37. The van der Waals surface area contributed by atoms with Crippen molar-refractivity contribution in [3.8, 4) is 0 Å². The summed E-state index contributed by atoms with van der Waals surface area (Å²) in [5.74, 6) is 0.757. The van der Waals surface area contributed by atoms with E-state index in [0.717, 1.165) is 43.3 Å². The largest absolute Gasteiger partial charge is 0.339 e. The van der Waals surface area contributed by atoms with Crippen molar-refractivity contribution in [2.45, 2.75) is 37.6 Å². The average Bonchev–Trinajstić information content (AvgIpc) is 3.10. The molecule has 140 valence electrons. The third-order valence-corrected chi connectivity index (χ3v) is 6.72. The monoisotopic (exact) mass is 389 g/mol. The molecule has 0 N–H and O–H groups in total. The number of carbonyl (C=O) groups excluding carboxylic acids is 1. The van der Waals surface area contributed by atoms with Crippen molar-refractivity contribution in [2.75, 3.05) is 31.9 Å². The van der Waals surface area contributed by atoms with Crippen molar-refractivity contribution < 1.29 is 4.79 Å². The third kappa shape index (κ3) is 5.32. The van der Waals surface area contributed by atoms with Crippen LogP contribution in [-0.4, -0.2) is 52.6 Å². The number of hydrogen-bond donors (Lipinski definition) is 0. The Morgan fingerprint density at radius 3 is 2.46 bits per heavy atom. The van der Waals surface area contributed by atoms with Gasteiger partial charge < -0.3 is 4.90 Å². The number of amides is 1. The van der Waals surface area contributed by atoms with Crippen molar-refractivity contribution in [3.05, 3.63) is 46.4 Å². The minimum atomic E-state index is 0.116. The molecule has 26 heavy (non-hydrogen) atoms. The lowest BCUT2D eigenvalue weighted by Crippen LogP contribution is -2.48. The molecule has 1 amide bonds. The molecule has 1 fully saturated rings. The van der Waals surface area contributed by atoms with Crippen molar-refractivity contribution >= 4 is 29.0 Å². The van der Waals surface area contributed by atoms with E-state index in [1.807, 2.05) is 23.1 Å². The van der Waals surface area contributed by atoms with E-state index >= 15 is 0 Å². The van der Waals surface area contributed by atoms with Crippen LogP contribution >= 0.6 is 23.1 Å². The fourth-order valence-electron chi connectivity index (χ4n) is 2.86. The van der Waals surface area contributed by atoms with Gasteiger partial charge >= 0.3 is 0 Å². The Labute approximate surface area is 164 Å². The zero-order valence-corrected chi connectivity index (χ0v) is 17.4. The van der Waals surface area contributed by atoms with Gasteiger partial charge in [0.2, 0.25) is 5.91 Å². The van der Waals surface area contributed by atoms with Crippen LogP contribution in [-0.2, 0) is 16.8 Å². The third-order valence-electron chi connectivity index (χ3n) is 4.41. The molecule has 0 radical (unpaired) electrons. The molecule has 0 spiro atoms. The number of thiazole rings is 1. The lowest BCUT2D eigenvalue weighted by molar-refractivity contribution is -0.130. The maximum atomic E-state index is 12.4. The van der Waals surface area contributed by atoms with Crippen LogP contribution in [0.4, 0.5) is 0 Å². The second kappa shape index (κ2) is 8.55. The summed E-state index contributed by atoms with van der Waals surface area (Å²) in [5.41, 5.74) is 1.27. The lowest BCUT2D eigenvalue weighted by atomic mass is 9.98. The van der Waals surface area contributed by atoms with Gasteiger partial charge in [-0.05, 0) is 12.1 Å². The van der Waals surface area contributed by atoms with Gasteiger partial charge in [0.05, 0.1) is 16.5 Å². The molecule has 0 atom stereocenters. The van der Waals surface area contributed by atoms with Gasteiger partial charge in [-0.25, -0.2) is 4.98 Å². The van der Waals surface area contributed by atoms with Crippen molar-refractivity contribution in [1.29, 1.82) is 0 Å². The fourth-order valence-corrected chi connectivity index (χ4v) is 4.58. The van der Waals surface area contributed by atoms with E-state index in [2.05, 4.69) is 43.2 Å². The van der Waals surface area contributed by atoms with Crippen molar-refractivity contribution in [2.24, 2.45) is 0 Å². The highest BCUT2D eigenvalue weighted by Crippen LogP contribution is 2.26. The first-order valence-corrected chi connectivity index (χ1v) is 10.9. The number of rotatable bonds is 5. The first-order chi connectivity index (χ1) is 12.4. The second-order valence-electron chi connectivity index (χ2n) is 7.65. The van der Waals surface area contributed by atoms with Gasteiger partial charge in [-0.15, -0.1) is 23.1 Å². The zero-order valence-electron chi connectivity index (χ0n) is 15.8. The van der Waals surface area contributed by atoms with E-state index in [9.17, 15) is 4.79 Å². The van der Waals surface area contributed by atoms with E-state index in [0.29, 0.717) is 5.75 Å². The molecule has 2 aromatic rings. The molecule has 4 nitrogen and oxygen atoms in total. The number of hydrogen-bond acceptors (Lipinski definition) is 5. The summed E-state index contributed by atoms with van der Waals surface area (Å²) < 4.78 is 0. The number of carbonyl (C=O) groups is 1. The fraction of sp³-hybridized carbons (Fsp3) is 0.500. The van der Waals surface area contributed by atoms with Gasteiger partial charge in [-0.3, -0.25) is 9.69 Å². The minimum Gasteiger partial charge on any atom is -0.339 e. The Kier molecular flexibility index (Phi) is 6.37. The molecule has 1 aliphatic rings. The summed E-state index contributed by atoms with van der Waals surface area (Å²) in [4.78, 5) is 22.8. The van der Waals surface area contributed by atoms with Gasteiger partial charge in [-0.2, -0.15) is 0 Å². The van der Waals surface area contributed by atoms with Crippen LogP contribution in [0.3, 0.4) is 0 Å². The van der Waals surface area contributed by atoms with Crippen LogP contribution in [0.2, 0.25) is 0 Å². The number of aromatic nitrogens is 1. The van der Waals surface area contributed by atoms with E-state index < -0.39 is 0 Å². The minimum absolute atomic E-state index is 0.116. The first-order valence-electron chi connectivity index (χ1n) is 9.05. The molecule has 1 aliphatic heterocycles. The summed E-state index contributed by atoms with van der Waals surface area (Å²) >= 11 is 3.37. The molecule has 0 unspecified atom stereocenters. The molecule has 2 heterocycles.